The van der Waals surface area contributed by atoms with Gasteiger partial charge in [0.2, 0.25) is 5.28 Å². The van der Waals surface area contributed by atoms with Gasteiger partial charge in [0.1, 0.15) is 5.82 Å². The molecule has 1 N–H and O–H groups in total. The summed E-state index contributed by atoms with van der Waals surface area (Å²) in [6, 6.07) is 1.52. The van der Waals surface area contributed by atoms with E-state index in [1.54, 1.807) is 6.92 Å². The van der Waals surface area contributed by atoms with Crippen LogP contribution in [0.3, 0.4) is 0 Å². The van der Waals surface area contributed by atoms with Crippen molar-refractivity contribution in [3.05, 3.63) is 17.5 Å². The number of amides is 1. The zero-order valence-electron chi connectivity index (χ0n) is 6.95. The SMILES string of the molecule is CCOC(=O)Nc1ccnc(Cl)n1. The van der Waals surface area contributed by atoms with Gasteiger partial charge in [-0.1, -0.05) is 0 Å². The summed E-state index contributed by atoms with van der Waals surface area (Å²) in [6.45, 7) is 2.02. The Kier molecular flexibility index (Phi) is 3.45. The van der Waals surface area contributed by atoms with Crippen molar-refractivity contribution in [2.45, 2.75) is 6.92 Å². The van der Waals surface area contributed by atoms with Crippen LogP contribution in [0.4, 0.5) is 10.6 Å². The molecule has 13 heavy (non-hydrogen) atoms. The topological polar surface area (TPSA) is 64.1 Å². The van der Waals surface area contributed by atoms with Gasteiger partial charge in [-0.25, -0.2) is 14.8 Å². The molecule has 0 radical (unpaired) electrons. The second-order valence-electron chi connectivity index (χ2n) is 2.06. The molecule has 0 saturated heterocycles. The highest BCUT2D eigenvalue weighted by Gasteiger charge is 2.02. The van der Waals surface area contributed by atoms with Crippen LogP contribution < -0.4 is 5.32 Å². The molecule has 1 aromatic rings. The maximum absolute atomic E-state index is 10.9. The van der Waals surface area contributed by atoms with Crippen LogP contribution in [0.15, 0.2) is 12.3 Å². The van der Waals surface area contributed by atoms with Crippen LogP contribution in [0.25, 0.3) is 0 Å². The number of anilines is 1. The fourth-order valence-electron chi connectivity index (χ4n) is 0.676. The first-order valence-corrected chi connectivity index (χ1v) is 4.02. The maximum atomic E-state index is 10.9. The summed E-state index contributed by atoms with van der Waals surface area (Å²) in [7, 11) is 0. The third kappa shape index (κ3) is 3.25. The number of nitrogens with zero attached hydrogens (tertiary/aromatic N) is 2. The molecule has 0 aliphatic rings. The van der Waals surface area contributed by atoms with Crippen molar-refractivity contribution in [3.8, 4) is 0 Å². The zero-order valence-corrected chi connectivity index (χ0v) is 7.71. The van der Waals surface area contributed by atoms with Crippen molar-refractivity contribution in [3.63, 3.8) is 0 Å². The molecule has 1 heterocycles. The molecule has 0 unspecified atom stereocenters. The zero-order chi connectivity index (χ0) is 9.68. The summed E-state index contributed by atoms with van der Waals surface area (Å²) in [6.07, 6.45) is 0.883. The minimum Gasteiger partial charge on any atom is -0.450 e. The Morgan fingerprint density at radius 1 is 1.77 bits per heavy atom. The van der Waals surface area contributed by atoms with Crippen molar-refractivity contribution >= 4 is 23.5 Å². The number of carbonyl (C=O) groups excluding carboxylic acids is 1. The van der Waals surface area contributed by atoms with E-state index >= 15 is 0 Å². The van der Waals surface area contributed by atoms with Gasteiger partial charge in [-0.05, 0) is 24.6 Å². The Labute approximate surface area is 80.1 Å². The van der Waals surface area contributed by atoms with Crippen molar-refractivity contribution in [2.24, 2.45) is 0 Å². The van der Waals surface area contributed by atoms with E-state index < -0.39 is 6.09 Å². The number of hydrogen-bond donors (Lipinski definition) is 1. The highest BCUT2D eigenvalue weighted by Crippen LogP contribution is 2.05. The van der Waals surface area contributed by atoms with Gasteiger partial charge in [0.15, 0.2) is 0 Å². The normalized spacial score (nSPS) is 9.38. The predicted octanol–water partition coefficient (Wildman–Crippen LogP) is 1.70. The number of nitrogens with one attached hydrogen (secondary N) is 1. The molecule has 1 amide bonds. The number of rotatable bonds is 2. The van der Waals surface area contributed by atoms with Crippen molar-refractivity contribution < 1.29 is 9.53 Å². The molecule has 0 aliphatic heterocycles. The molecular formula is C7H8ClN3O2. The van der Waals surface area contributed by atoms with E-state index in [0.29, 0.717) is 12.4 Å². The molecule has 0 saturated carbocycles. The van der Waals surface area contributed by atoms with Crippen LogP contribution in [0, 0.1) is 0 Å². The largest absolute Gasteiger partial charge is 0.450 e. The quantitative estimate of drug-likeness (QED) is 0.740. The highest BCUT2D eigenvalue weighted by atomic mass is 35.5. The molecule has 1 rings (SSSR count). The van der Waals surface area contributed by atoms with Gasteiger partial charge in [0.05, 0.1) is 6.61 Å². The first kappa shape index (κ1) is 9.73. The maximum Gasteiger partial charge on any atom is 0.412 e. The summed E-state index contributed by atoms with van der Waals surface area (Å²) in [4.78, 5) is 18.3. The lowest BCUT2D eigenvalue weighted by Gasteiger charge is -2.03. The van der Waals surface area contributed by atoms with E-state index in [4.69, 9.17) is 11.6 Å². The van der Waals surface area contributed by atoms with Gasteiger partial charge in [0.25, 0.3) is 0 Å². The Bertz CT molecular complexity index is 306. The lowest BCUT2D eigenvalue weighted by Crippen LogP contribution is -2.14. The molecule has 0 spiro atoms. The van der Waals surface area contributed by atoms with Crippen LogP contribution in [-0.4, -0.2) is 22.7 Å². The predicted molar refractivity (Wildman–Crippen MR) is 47.7 cm³/mol. The second kappa shape index (κ2) is 4.61. The Morgan fingerprint density at radius 3 is 3.15 bits per heavy atom. The number of carbonyl (C=O) groups is 1. The molecular weight excluding hydrogens is 194 g/mol. The molecule has 0 bridgehead atoms. The number of aromatic nitrogens is 2. The van der Waals surface area contributed by atoms with Gasteiger partial charge in [0, 0.05) is 6.20 Å². The molecule has 5 nitrogen and oxygen atoms in total. The summed E-state index contributed by atoms with van der Waals surface area (Å²) >= 11 is 5.49. The van der Waals surface area contributed by atoms with Crippen molar-refractivity contribution in [1.29, 1.82) is 0 Å². The third-order valence-corrected chi connectivity index (χ3v) is 1.31. The highest BCUT2D eigenvalue weighted by molar-refractivity contribution is 6.28. The summed E-state index contributed by atoms with van der Waals surface area (Å²) in [5.41, 5.74) is 0. The van der Waals surface area contributed by atoms with Crippen LogP contribution in [0.2, 0.25) is 5.28 Å². The molecule has 6 heteroatoms. The lowest BCUT2D eigenvalue weighted by atomic mass is 10.6. The van der Waals surface area contributed by atoms with Gasteiger partial charge in [-0.15, -0.1) is 0 Å². The Hall–Kier alpha value is -1.36. The first-order valence-electron chi connectivity index (χ1n) is 3.64. The van der Waals surface area contributed by atoms with E-state index in [0.717, 1.165) is 0 Å². The Balaban J connectivity index is 2.58. The second-order valence-corrected chi connectivity index (χ2v) is 2.39. The smallest absolute Gasteiger partial charge is 0.412 e. The average molecular weight is 202 g/mol. The monoisotopic (exact) mass is 201 g/mol. The summed E-state index contributed by atoms with van der Waals surface area (Å²) in [5, 5.41) is 2.46. The van der Waals surface area contributed by atoms with E-state index in [1.807, 2.05) is 0 Å². The molecule has 0 fully saturated rings. The first-order chi connectivity index (χ1) is 6.22. The molecule has 0 atom stereocenters. The standard InChI is InChI=1S/C7H8ClN3O2/c1-2-13-7(12)11-5-3-4-9-6(8)10-5/h3-4H,2H2,1H3,(H,9,10,11,12). The Morgan fingerprint density at radius 2 is 2.54 bits per heavy atom. The van der Waals surface area contributed by atoms with E-state index in [9.17, 15) is 4.79 Å². The van der Waals surface area contributed by atoms with Crippen LogP contribution in [0.5, 0.6) is 0 Å². The summed E-state index contributed by atoms with van der Waals surface area (Å²) in [5.74, 6) is 0.318. The average Bonchev–Trinajstić information content (AvgIpc) is 2.04. The van der Waals surface area contributed by atoms with E-state index in [-0.39, 0.29) is 5.28 Å². The summed E-state index contributed by atoms with van der Waals surface area (Å²) < 4.78 is 4.63. The lowest BCUT2D eigenvalue weighted by molar-refractivity contribution is 0.168. The number of ether oxygens (including phenoxy) is 1. The van der Waals surface area contributed by atoms with Gasteiger partial charge in [-0.3, -0.25) is 5.32 Å². The van der Waals surface area contributed by atoms with Crippen molar-refractivity contribution in [1.82, 2.24) is 9.97 Å². The van der Waals surface area contributed by atoms with Crippen molar-refractivity contribution in [2.75, 3.05) is 11.9 Å². The fourth-order valence-corrected chi connectivity index (χ4v) is 0.824. The molecule has 1 aromatic heterocycles. The fraction of sp³-hybridized carbons (Fsp3) is 0.286. The minimum absolute atomic E-state index is 0.0781. The van der Waals surface area contributed by atoms with Crippen LogP contribution >= 0.6 is 11.6 Å². The molecule has 0 aromatic carbocycles. The van der Waals surface area contributed by atoms with Crippen LogP contribution in [0.1, 0.15) is 6.92 Å². The third-order valence-electron chi connectivity index (χ3n) is 1.13. The minimum atomic E-state index is -0.558. The van der Waals surface area contributed by atoms with Gasteiger partial charge >= 0.3 is 6.09 Å². The molecule has 0 aliphatic carbocycles. The van der Waals surface area contributed by atoms with Gasteiger partial charge in [-0.2, -0.15) is 0 Å². The number of hydrogen-bond acceptors (Lipinski definition) is 4. The number of halogens is 1. The van der Waals surface area contributed by atoms with Gasteiger partial charge < -0.3 is 4.74 Å². The van der Waals surface area contributed by atoms with Crippen LogP contribution in [-0.2, 0) is 4.74 Å². The van der Waals surface area contributed by atoms with E-state index in [1.165, 1.54) is 12.3 Å². The van der Waals surface area contributed by atoms with E-state index in [2.05, 4.69) is 20.0 Å². The molecule has 70 valence electrons.